The molecule has 4 heteroatoms. The first-order valence-electron chi connectivity index (χ1n) is 3.83. The van der Waals surface area contributed by atoms with Crippen LogP contribution in [0.25, 0.3) is 0 Å². The van der Waals surface area contributed by atoms with E-state index in [0.717, 1.165) is 0 Å². The van der Waals surface area contributed by atoms with Crippen LogP contribution < -0.4 is 0 Å². The maximum absolute atomic E-state index is 10.5. The first-order valence-corrected chi connectivity index (χ1v) is 3.83. The average molecular weight is 176 g/mol. The van der Waals surface area contributed by atoms with E-state index < -0.39 is 0 Å². The van der Waals surface area contributed by atoms with Gasteiger partial charge in [-0.3, -0.25) is 4.79 Å². The van der Waals surface area contributed by atoms with Gasteiger partial charge in [0.25, 0.3) is 0 Å². The highest BCUT2D eigenvalue weighted by Gasteiger charge is 2.13. The normalized spacial score (nSPS) is 13.1. The van der Waals surface area contributed by atoms with E-state index in [1.54, 1.807) is 21.1 Å². The van der Waals surface area contributed by atoms with Crippen molar-refractivity contribution < 1.29 is 19.0 Å². The molecule has 0 aliphatic carbocycles. The molecule has 0 fully saturated rings. The third kappa shape index (κ3) is 5.09. The maximum atomic E-state index is 10.5. The summed E-state index contributed by atoms with van der Waals surface area (Å²) in [7, 11) is 3.10. The lowest BCUT2D eigenvalue weighted by Gasteiger charge is -2.17. The maximum Gasteiger partial charge on any atom is 0.302 e. The molecule has 12 heavy (non-hydrogen) atoms. The zero-order valence-corrected chi connectivity index (χ0v) is 7.99. The lowest BCUT2D eigenvalue weighted by atomic mass is 10.3. The SMILES string of the molecule is COC(C[C@@H](C)OC(C)=O)OC. The van der Waals surface area contributed by atoms with Gasteiger partial charge in [-0.25, -0.2) is 0 Å². The second-order valence-electron chi connectivity index (χ2n) is 2.56. The smallest absolute Gasteiger partial charge is 0.302 e. The van der Waals surface area contributed by atoms with E-state index in [1.165, 1.54) is 6.92 Å². The van der Waals surface area contributed by atoms with E-state index >= 15 is 0 Å². The van der Waals surface area contributed by atoms with Crippen molar-refractivity contribution in [2.24, 2.45) is 0 Å². The Morgan fingerprint density at radius 1 is 1.33 bits per heavy atom. The van der Waals surface area contributed by atoms with E-state index in [-0.39, 0.29) is 18.4 Å². The zero-order valence-electron chi connectivity index (χ0n) is 7.99. The van der Waals surface area contributed by atoms with E-state index in [2.05, 4.69) is 0 Å². The van der Waals surface area contributed by atoms with Crippen LogP contribution in [0.1, 0.15) is 20.3 Å². The molecule has 0 aromatic carbocycles. The third-order valence-electron chi connectivity index (χ3n) is 1.42. The fourth-order valence-corrected chi connectivity index (χ4v) is 0.891. The Kier molecular flexibility index (Phi) is 5.66. The average Bonchev–Trinajstić information content (AvgIpc) is 1.98. The summed E-state index contributed by atoms with van der Waals surface area (Å²) in [5.74, 6) is -0.284. The fourth-order valence-electron chi connectivity index (χ4n) is 0.891. The monoisotopic (exact) mass is 176 g/mol. The van der Waals surface area contributed by atoms with Crippen LogP contribution in [0.15, 0.2) is 0 Å². The van der Waals surface area contributed by atoms with Crippen LogP contribution in [0.2, 0.25) is 0 Å². The van der Waals surface area contributed by atoms with Crippen molar-refractivity contribution in [3.63, 3.8) is 0 Å². The van der Waals surface area contributed by atoms with Crippen molar-refractivity contribution in [2.75, 3.05) is 14.2 Å². The molecule has 0 rings (SSSR count). The van der Waals surface area contributed by atoms with Gasteiger partial charge in [-0.1, -0.05) is 0 Å². The van der Waals surface area contributed by atoms with Crippen molar-refractivity contribution >= 4 is 5.97 Å². The number of ether oxygens (including phenoxy) is 3. The van der Waals surface area contributed by atoms with Gasteiger partial charge < -0.3 is 14.2 Å². The first-order chi connectivity index (χ1) is 5.60. The van der Waals surface area contributed by atoms with Crippen LogP contribution in [0.3, 0.4) is 0 Å². The van der Waals surface area contributed by atoms with E-state index in [1.807, 2.05) is 0 Å². The number of carbonyl (C=O) groups is 1. The second kappa shape index (κ2) is 5.97. The standard InChI is InChI=1S/C8H16O4/c1-6(12-7(2)9)5-8(10-3)11-4/h6,8H,5H2,1-4H3/t6-/m1/s1. The van der Waals surface area contributed by atoms with Gasteiger partial charge in [0.15, 0.2) is 6.29 Å². The van der Waals surface area contributed by atoms with Crippen LogP contribution in [0.4, 0.5) is 0 Å². The molecule has 0 aromatic rings. The minimum Gasteiger partial charge on any atom is -0.463 e. The molecule has 0 aliphatic heterocycles. The molecule has 72 valence electrons. The highest BCUT2D eigenvalue weighted by molar-refractivity contribution is 5.66. The van der Waals surface area contributed by atoms with Crippen LogP contribution >= 0.6 is 0 Å². The van der Waals surface area contributed by atoms with Crippen molar-refractivity contribution in [1.82, 2.24) is 0 Å². The Bertz CT molecular complexity index is 131. The molecule has 1 atom stereocenters. The Morgan fingerprint density at radius 2 is 1.83 bits per heavy atom. The van der Waals surface area contributed by atoms with E-state index in [4.69, 9.17) is 14.2 Å². The van der Waals surface area contributed by atoms with Gasteiger partial charge in [0, 0.05) is 27.6 Å². The lowest BCUT2D eigenvalue weighted by Crippen LogP contribution is -2.22. The number of rotatable bonds is 5. The van der Waals surface area contributed by atoms with Gasteiger partial charge in [-0.15, -0.1) is 0 Å². The lowest BCUT2D eigenvalue weighted by molar-refractivity contribution is -0.155. The Labute approximate surface area is 72.8 Å². The summed E-state index contributed by atoms with van der Waals surface area (Å²) in [4.78, 5) is 10.5. The van der Waals surface area contributed by atoms with E-state index in [0.29, 0.717) is 6.42 Å². The molecule has 0 radical (unpaired) electrons. The molecule has 0 bridgehead atoms. The molecular weight excluding hydrogens is 160 g/mol. The topological polar surface area (TPSA) is 44.8 Å². The minimum atomic E-state index is -0.306. The fraction of sp³-hybridized carbons (Fsp3) is 0.875. The molecule has 0 saturated heterocycles. The number of methoxy groups -OCH3 is 2. The summed E-state index contributed by atoms with van der Waals surface area (Å²) < 4.78 is 14.8. The predicted octanol–water partition coefficient (Wildman–Crippen LogP) is 0.947. The second-order valence-corrected chi connectivity index (χ2v) is 2.56. The van der Waals surface area contributed by atoms with Crippen molar-refractivity contribution in [2.45, 2.75) is 32.7 Å². The van der Waals surface area contributed by atoms with Gasteiger partial charge in [-0.05, 0) is 6.92 Å². The number of esters is 1. The molecular formula is C8H16O4. The summed E-state index contributed by atoms with van der Waals surface area (Å²) in [6.07, 6.45) is 0.0683. The summed E-state index contributed by atoms with van der Waals surface area (Å²) in [5, 5.41) is 0. The van der Waals surface area contributed by atoms with Crippen LogP contribution in [-0.4, -0.2) is 32.6 Å². The molecule has 0 N–H and O–H groups in total. The highest BCUT2D eigenvalue weighted by atomic mass is 16.7. The third-order valence-corrected chi connectivity index (χ3v) is 1.42. The summed E-state index contributed by atoms with van der Waals surface area (Å²) in [6, 6.07) is 0. The molecule has 0 spiro atoms. The van der Waals surface area contributed by atoms with Gasteiger partial charge >= 0.3 is 5.97 Å². The van der Waals surface area contributed by atoms with Gasteiger partial charge in [0.1, 0.15) is 6.10 Å². The molecule has 0 heterocycles. The molecule has 0 aliphatic rings. The van der Waals surface area contributed by atoms with E-state index in [9.17, 15) is 4.79 Å². The van der Waals surface area contributed by atoms with Gasteiger partial charge in [0.05, 0.1) is 0 Å². The Hall–Kier alpha value is -0.610. The number of hydrogen-bond acceptors (Lipinski definition) is 4. The minimum absolute atomic E-state index is 0.174. The molecule has 0 aromatic heterocycles. The van der Waals surface area contributed by atoms with Crippen molar-refractivity contribution in [1.29, 1.82) is 0 Å². The Morgan fingerprint density at radius 3 is 2.17 bits per heavy atom. The molecule has 4 nitrogen and oxygen atoms in total. The van der Waals surface area contributed by atoms with Gasteiger partial charge in [0.2, 0.25) is 0 Å². The summed E-state index contributed by atoms with van der Waals surface area (Å²) in [6.45, 7) is 3.18. The Balaban J connectivity index is 3.65. The van der Waals surface area contributed by atoms with Crippen LogP contribution in [0.5, 0.6) is 0 Å². The quantitative estimate of drug-likeness (QED) is 0.462. The van der Waals surface area contributed by atoms with Crippen LogP contribution in [-0.2, 0) is 19.0 Å². The highest BCUT2D eigenvalue weighted by Crippen LogP contribution is 2.05. The molecule has 0 saturated carbocycles. The predicted molar refractivity (Wildman–Crippen MR) is 43.7 cm³/mol. The number of hydrogen-bond donors (Lipinski definition) is 0. The van der Waals surface area contributed by atoms with Crippen molar-refractivity contribution in [3.05, 3.63) is 0 Å². The number of carbonyl (C=O) groups excluding carboxylic acids is 1. The largest absolute Gasteiger partial charge is 0.463 e. The van der Waals surface area contributed by atoms with Crippen molar-refractivity contribution in [3.8, 4) is 0 Å². The summed E-state index contributed by atoms with van der Waals surface area (Å²) >= 11 is 0. The molecule has 0 unspecified atom stereocenters. The molecule has 0 amide bonds. The summed E-state index contributed by atoms with van der Waals surface area (Å²) in [5.41, 5.74) is 0. The van der Waals surface area contributed by atoms with Gasteiger partial charge in [-0.2, -0.15) is 0 Å². The van der Waals surface area contributed by atoms with Crippen LogP contribution in [0, 0.1) is 0 Å². The zero-order chi connectivity index (χ0) is 9.56. The first kappa shape index (κ1) is 11.4.